The van der Waals surface area contributed by atoms with Crippen molar-refractivity contribution < 1.29 is 18.0 Å². The first kappa shape index (κ1) is 30.9. The minimum Gasteiger partial charge on any atom is -0.352 e. The van der Waals surface area contributed by atoms with Gasteiger partial charge in [-0.1, -0.05) is 79.4 Å². The second-order valence-corrected chi connectivity index (χ2v) is 13.1. The first-order valence-electron chi connectivity index (χ1n) is 13.8. The minimum absolute atomic E-state index is 0.0439. The molecule has 0 unspecified atom stereocenters. The molecule has 1 atom stereocenters. The third kappa shape index (κ3) is 7.61. The number of nitrogens with zero attached hydrogens (tertiary/aromatic N) is 2. The molecule has 1 N–H and O–H groups in total. The lowest BCUT2D eigenvalue weighted by Crippen LogP contribution is -2.53. The standard InChI is InChI=1S/C31H35Cl2N3O4S/c1-3-28(31(38)34-26-9-7-8-10-26)35(20-23-14-17-24(32)18-15-23)30(37)21-36(29-19-25(33)16-13-22(29)2)41(39,40)27-11-5-4-6-12-27/h4-6,11-19,26,28H,3,7-10,20-21H2,1-2H3,(H,34,38)/t28-/m1/s1. The van der Waals surface area contributed by atoms with Crippen LogP contribution in [0.25, 0.3) is 0 Å². The Morgan fingerprint density at radius 3 is 2.22 bits per heavy atom. The molecule has 218 valence electrons. The summed E-state index contributed by atoms with van der Waals surface area (Å²) in [5, 5.41) is 4.00. The van der Waals surface area contributed by atoms with Crippen molar-refractivity contribution in [3.8, 4) is 0 Å². The van der Waals surface area contributed by atoms with E-state index >= 15 is 0 Å². The quantitative estimate of drug-likeness (QED) is 0.272. The fourth-order valence-electron chi connectivity index (χ4n) is 5.16. The second-order valence-electron chi connectivity index (χ2n) is 10.3. The summed E-state index contributed by atoms with van der Waals surface area (Å²) in [4.78, 5) is 29.2. The van der Waals surface area contributed by atoms with E-state index in [0.717, 1.165) is 35.6 Å². The molecule has 7 nitrogen and oxygen atoms in total. The van der Waals surface area contributed by atoms with Crippen LogP contribution in [0.5, 0.6) is 0 Å². The zero-order valence-electron chi connectivity index (χ0n) is 23.2. The van der Waals surface area contributed by atoms with Gasteiger partial charge in [-0.25, -0.2) is 8.42 Å². The predicted molar refractivity (Wildman–Crippen MR) is 164 cm³/mol. The molecule has 3 aromatic rings. The summed E-state index contributed by atoms with van der Waals surface area (Å²) in [7, 11) is -4.16. The van der Waals surface area contributed by atoms with Gasteiger partial charge < -0.3 is 10.2 Å². The molecule has 4 rings (SSSR count). The maximum absolute atomic E-state index is 14.2. The molecule has 3 aromatic carbocycles. The van der Waals surface area contributed by atoms with Crippen molar-refractivity contribution in [2.24, 2.45) is 0 Å². The highest BCUT2D eigenvalue weighted by Gasteiger charge is 2.35. The number of amides is 2. The monoisotopic (exact) mass is 615 g/mol. The molecule has 41 heavy (non-hydrogen) atoms. The highest BCUT2D eigenvalue weighted by atomic mass is 35.5. The topological polar surface area (TPSA) is 86.8 Å². The predicted octanol–water partition coefficient (Wildman–Crippen LogP) is 6.36. The summed E-state index contributed by atoms with van der Waals surface area (Å²) in [6.07, 6.45) is 4.29. The Balaban J connectivity index is 1.73. The van der Waals surface area contributed by atoms with Crippen LogP contribution in [0.3, 0.4) is 0 Å². The first-order valence-corrected chi connectivity index (χ1v) is 16.0. The van der Waals surface area contributed by atoms with Gasteiger partial charge in [0.25, 0.3) is 10.0 Å². The van der Waals surface area contributed by atoms with Gasteiger partial charge in [0.2, 0.25) is 11.8 Å². The van der Waals surface area contributed by atoms with Crippen LogP contribution in [-0.2, 0) is 26.2 Å². The van der Waals surface area contributed by atoms with Crippen molar-refractivity contribution in [3.05, 3.63) is 94.0 Å². The average Bonchev–Trinajstić information content (AvgIpc) is 3.47. The van der Waals surface area contributed by atoms with Crippen LogP contribution in [0.4, 0.5) is 5.69 Å². The van der Waals surface area contributed by atoms with Crippen molar-refractivity contribution in [1.29, 1.82) is 0 Å². The van der Waals surface area contributed by atoms with Crippen molar-refractivity contribution in [3.63, 3.8) is 0 Å². The molecule has 0 bridgehead atoms. The summed E-state index contributed by atoms with van der Waals surface area (Å²) < 4.78 is 29.0. The lowest BCUT2D eigenvalue weighted by atomic mass is 10.1. The Morgan fingerprint density at radius 2 is 1.59 bits per heavy atom. The van der Waals surface area contributed by atoms with E-state index in [1.54, 1.807) is 61.5 Å². The first-order chi connectivity index (χ1) is 19.6. The molecule has 2 amide bonds. The molecular formula is C31H35Cl2N3O4S. The lowest BCUT2D eigenvalue weighted by molar-refractivity contribution is -0.140. The SMILES string of the molecule is CC[C@H](C(=O)NC1CCCC1)N(Cc1ccc(Cl)cc1)C(=O)CN(c1cc(Cl)ccc1C)S(=O)(=O)c1ccccc1. The average molecular weight is 617 g/mol. The molecule has 0 heterocycles. The van der Waals surface area contributed by atoms with Crippen LogP contribution in [0.2, 0.25) is 10.0 Å². The maximum Gasteiger partial charge on any atom is 0.264 e. The number of carbonyl (C=O) groups is 2. The van der Waals surface area contributed by atoms with E-state index in [2.05, 4.69) is 5.32 Å². The number of nitrogens with one attached hydrogen (secondary N) is 1. The van der Waals surface area contributed by atoms with E-state index < -0.39 is 28.5 Å². The summed E-state index contributed by atoms with van der Waals surface area (Å²) in [5.74, 6) is -0.745. The van der Waals surface area contributed by atoms with E-state index in [1.807, 2.05) is 6.92 Å². The van der Waals surface area contributed by atoms with Gasteiger partial charge >= 0.3 is 0 Å². The maximum atomic E-state index is 14.2. The molecule has 0 radical (unpaired) electrons. The Labute approximate surface area is 252 Å². The van der Waals surface area contributed by atoms with Gasteiger partial charge in [-0.05, 0) is 73.7 Å². The number of hydrogen-bond acceptors (Lipinski definition) is 4. The van der Waals surface area contributed by atoms with Gasteiger partial charge in [0.1, 0.15) is 12.6 Å². The van der Waals surface area contributed by atoms with Crippen LogP contribution >= 0.6 is 23.2 Å². The van der Waals surface area contributed by atoms with Crippen molar-refractivity contribution in [2.45, 2.75) is 69.5 Å². The zero-order chi connectivity index (χ0) is 29.6. The second kappa shape index (κ2) is 13.7. The van der Waals surface area contributed by atoms with E-state index in [4.69, 9.17) is 23.2 Å². The number of rotatable bonds is 11. The number of sulfonamides is 1. The van der Waals surface area contributed by atoms with E-state index in [1.165, 1.54) is 23.1 Å². The smallest absolute Gasteiger partial charge is 0.264 e. The number of anilines is 1. The van der Waals surface area contributed by atoms with E-state index in [0.29, 0.717) is 27.7 Å². The number of hydrogen-bond donors (Lipinski definition) is 1. The molecular weight excluding hydrogens is 581 g/mol. The number of benzene rings is 3. The van der Waals surface area contributed by atoms with Crippen LogP contribution < -0.4 is 9.62 Å². The van der Waals surface area contributed by atoms with Gasteiger partial charge in [-0.15, -0.1) is 0 Å². The van der Waals surface area contributed by atoms with Crippen LogP contribution in [0.15, 0.2) is 77.7 Å². The van der Waals surface area contributed by atoms with Crippen LogP contribution in [0.1, 0.15) is 50.2 Å². The van der Waals surface area contributed by atoms with Crippen molar-refractivity contribution >= 4 is 50.7 Å². The number of halogens is 2. The lowest BCUT2D eigenvalue weighted by Gasteiger charge is -2.34. The molecule has 0 saturated heterocycles. The number of carbonyl (C=O) groups excluding carboxylic acids is 2. The minimum atomic E-state index is -4.16. The van der Waals surface area contributed by atoms with Gasteiger partial charge in [0, 0.05) is 22.6 Å². The van der Waals surface area contributed by atoms with Crippen LogP contribution in [0, 0.1) is 6.92 Å². The van der Waals surface area contributed by atoms with Gasteiger partial charge in [0.15, 0.2) is 0 Å². The van der Waals surface area contributed by atoms with Gasteiger partial charge in [-0.2, -0.15) is 0 Å². The number of aryl methyl sites for hydroxylation is 1. The molecule has 10 heteroatoms. The summed E-state index contributed by atoms with van der Waals surface area (Å²) in [6.45, 7) is 3.21. The largest absolute Gasteiger partial charge is 0.352 e. The van der Waals surface area contributed by atoms with Gasteiger partial charge in [0.05, 0.1) is 10.6 Å². The summed E-state index contributed by atoms with van der Waals surface area (Å²) in [6, 6.07) is 19.2. The third-order valence-corrected chi connectivity index (χ3v) is 9.66. The third-order valence-electron chi connectivity index (χ3n) is 7.40. The molecule has 0 aromatic heterocycles. The van der Waals surface area contributed by atoms with Crippen molar-refractivity contribution in [1.82, 2.24) is 10.2 Å². The zero-order valence-corrected chi connectivity index (χ0v) is 25.6. The Morgan fingerprint density at radius 1 is 0.951 bits per heavy atom. The highest BCUT2D eigenvalue weighted by molar-refractivity contribution is 7.92. The van der Waals surface area contributed by atoms with Gasteiger partial charge in [-0.3, -0.25) is 13.9 Å². The molecule has 1 saturated carbocycles. The fraction of sp³-hybridized carbons (Fsp3) is 0.355. The molecule has 0 spiro atoms. The summed E-state index contributed by atoms with van der Waals surface area (Å²) in [5.41, 5.74) is 1.70. The van der Waals surface area contributed by atoms with Crippen LogP contribution in [-0.4, -0.2) is 43.8 Å². The van der Waals surface area contributed by atoms with Crippen molar-refractivity contribution in [2.75, 3.05) is 10.8 Å². The molecule has 0 aliphatic heterocycles. The Bertz CT molecular complexity index is 1460. The Kier molecular flexibility index (Phi) is 10.3. The normalized spacial score (nSPS) is 14.4. The van der Waals surface area contributed by atoms with E-state index in [-0.39, 0.29) is 23.4 Å². The molecule has 1 aliphatic carbocycles. The fourth-order valence-corrected chi connectivity index (χ4v) is 6.94. The summed E-state index contributed by atoms with van der Waals surface area (Å²) >= 11 is 12.4. The molecule has 1 fully saturated rings. The molecule has 1 aliphatic rings. The Hall–Kier alpha value is -3.07. The highest BCUT2D eigenvalue weighted by Crippen LogP contribution is 2.30. The van der Waals surface area contributed by atoms with E-state index in [9.17, 15) is 18.0 Å².